The van der Waals surface area contributed by atoms with E-state index in [1.807, 2.05) is 12.3 Å². The fourth-order valence-electron chi connectivity index (χ4n) is 7.54. The first kappa shape index (κ1) is 27.4. The molecule has 2 heterocycles. The highest BCUT2D eigenvalue weighted by Gasteiger charge is 2.35. The van der Waals surface area contributed by atoms with Crippen molar-refractivity contribution in [3.8, 4) is 27.9 Å². The first-order valence-electron chi connectivity index (χ1n) is 16.2. The molecule has 0 spiro atoms. The van der Waals surface area contributed by atoms with Gasteiger partial charge in [0.25, 0.3) is 0 Å². The molecule has 0 bridgehead atoms. The van der Waals surface area contributed by atoms with Crippen LogP contribution in [0.2, 0.25) is 0 Å². The molecule has 8 aromatic rings. The van der Waals surface area contributed by atoms with Crippen molar-refractivity contribution < 1.29 is 0 Å². The zero-order valence-corrected chi connectivity index (χ0v) is 26.4. The maximum Gasteiger partial charge on any atom is 0.137 e. The van der Waals surface area contributed by atoms with E-state index in [2.05, 4.69) is 175 Å². The summed E-state index contributed by atoms with van der Waals surface area (Å²) in [6, 6.07) is 56.8. The van der Waals surface area contributed by atoms with Crippen molar-refractivity contribution in [3.63, 3.8) is 0 Å². The summed E-state index contributed by atoms with van der Waals surface area (Å²) >= 11 is 0. The lowest BCUT2D eigenvalue weighted by molar-refractivity contribution is 0.660. The summed E-state index contributed by atoms with van der Waals surface area (Å²) in [5, 5.41) is 2.51. The summed E-state index contributed by atoms with van der Waals surface area (Å²) < 4.78 is 2.36. The molecule has 0 radical (unpaired) electrons. The van der Waals surface area contributed by atoms with Crippen LogP contribution in [-0.4, -0.2) is 9.55 Å². The van der Waals surface area contributed by atoms with E-state index in [-0.39, 0.29) is 5.41 Å². The molecule has 224 valence electrons. The molecular weight excluding hydrogens is 571 g/mol. The van der Waals surface area contributed by atoms with Crippen LogP contribution in [-0.2, 0) is 5.41 Å². The first-order chi connectivity index (χ1) is 23.1. The lowest BCUT2D eigenvalue weighted by atomic mass is 9.82. The summed E-state index contributed by atoms with van der Waals surface area (Å²) in [7, 11) is 0. The van der Waals surface area contributed by atoms with Gasteiger partial charge in [-0.25, -0.2) is 4.98 Å². The highest BCUT2D eigenvalue weighted by atomic mass is 15.2. The Bertz CT molecular complexity index is 2420. The Labute approximate surface area is 275 Å². The Hall–Kier alpha value is -5.93. The summed E-state index contributed by atoms with van der Waals surface area (Å²) in [6.45, 7) is 4.66. The minimum atomic E-state index is -0.0795. The Balaban J connectivity index is 1.13. The number of aromatic nitrogens is 2. The molecular formula is C44H33N3. The van der Waals surface area contributed by atoms with Crippen LogP contribution in [0.25, 0.3) is 49.7 Å². The quantitative estimate of drug-likeness (QED) is 0.195. The number of rotatable bonds is 5. The van der Waals surface area contributed by atoms with Crippen molar-refractivity contribution in [1.82, 2.24) is 9.55 Å². The third-order valence-electron chi connectivity index (χ3n) is 9.85. The molecule has 6 aromatic carbocycles. The number of hydrogen-bond acceptors (Lipinski definition) is 2. The van der Waals surface area contributed by atoms with Gasteiger partial charge in [0.2, 0.25) is 0 Å². The van der Waals surface area contributed by atoms with Gasteiger partial charge in [-0.2, -0.15) is 0 Å². The van der Waals surface area contributed by atoms with E-state index in [9.17, 15) is 0 Å². The molecule has 1 aliphatic carbocycles. The summed E-state index contributed by atoms with van der Waals surface area (Å²) in [4.78, 5) is 7.06. The lowest BCUT2D eigenvalue weighted by Crippen LogP contribution is -2.16. The van der Waals surface area contributed by atoms with Gasteiger partial charge in [0.15, 0.2) is 0 Å². The molecule has 9 rings (SSSR count). The highest BCUT2D eigenvalue weighted by Crippen LogP contribution is 2.50. The second kappa shape index (κ2) is 10.6. The average molecular weight is 604 g/mol. The van der Waals surface area contributed by atoms with Gasteiger partial charge in [-0.1, -0.05) is 105 Å². The van der Waals surface area contributed by atoms with E-state index in [0.29, 0.717) is 0 Å². The number of anilines is 3. The maximum atomic E-state index is 4.80. The monoisotopic (exact) mass is 603 g/mol. The second-order valence-corrected chi connectivity index (χ2v) is 12.9. The van der Waals surface area contributed by atoms with Crippen LogP contribution in [0.4, 0.5) is 17.2 Å². The molecule has 3 heteroatoms. The molecule has 0 saturated carbocycles. The molecule has 3 nitrogen and oxygen atoms in total. The molecule has 1 aliphatic rings. The number of hydrogen-bond donors (Lipinski definition) is 0. The molecule has 0 unspecified atom stereocenters. The molecule has 0 aliphatic heterocycles. The van der Waals surface area contributed by atoms with Gasteiger partial charge in [-0.3, -0.25) is 4.90 Å². The van der Waals surface area contributed by atoms with Crippen molar-refractivity contribution in [3.05, 3.63) is 175 Å². The number of pyridine rings is 1. The topological polar surface area (TPSA) is 21.1 Å². The first-order valence-corrected chi connectivity index (χ1v) is 16.2. The number of benzene rings is 6. The molecule has 0 saturated heterocycles. The number of para-hydroxylation sites is 2. The zero-order valence-electron chi connectivity index (χ0n) is 26.4. The van der Waals surface area contributed by atoms with E-state index in [0.717, 1.165) is 17.2 Å². The smallest absolute Gasteiger partial charge is 0.137 e. The molecule has 47 heavy (non-hydrogen) atoms. The Kier molecular flexibility index (Phi) is 6.16. The van der Waals surface area contributed by atoms with Crippen LogP contribution in [0.1, 0.15) is 25.0 Å². The van der Waals surface area contributed by atoms with E-state index in [1.165, 1.54) is 60.9 Å². The van der Waals surface area contributed by atoms with Crippen molar-refractivity contribution in [2.24, 2.45) is 0 Å². The van der Waals surface area contributed by atoms with Gasteiger partial charge in [-0.15, -0.1) is 0 Å². The SMILES string of the molecule is CC1(C)c2ccccc2-c2ccc(N(c3ccc(-c4ccc5c(c4)c4ccccc4n5-c4ccccc4)cc3)c3ccccn3)cc21. The third-order valence-corrected chi connectivity index (χ3v) is 9.85. The number of fused-ring (bicyclic) bond motifs is 6. The van der Waals surface area contributed by atoms with E-state index < -0.39 is 0 Å². The van der Waals surface area contributed by atoms with Gasteiger partial charge in [0.05, 0.1) is 11.0 Å². The van der Waals surface area contributed by atoms with Crippen molar-refractivity contribution >= 4 is 39.0 Å². The average Bonchev–Trinajstić information content (AvgIpc) is 3.58. The van der Waals surface area contributed by atoms with E-state index in [1.54, 1.807) is 0 Å². The number of nitrogens with zero attached hydrogens (tertiary/aromatic N) is 3. The van der Waals surface area contributed by atoms with E-state index in [4.69, 9.17) is 4.98 Å². The van der Waals surface area contributed by atoms with E-state index >= 15 is 0 Å². The van der Waals surface area contributed by atoms with Crippen molar-refractivity contribution in [2.45, 2.75) is 19.3 Å². The van der Waals surface area contributed by atoms with Gasteiger partial charge >= 0.3 is 0 Å². The molecule has 0 atom stereocenters. The Morgan fingerprint density at radius 3 is 2.02 bits per heavy atom. The van der Waals surface area contributed by atoms with Gasteiger partial charge in [0, 0.05) is 39.4 Å². The van der Waals surface area contributed by atoms with Gasteiger partial charge in [-0.05, 0) is 100 Å². The van der Waals surface area contributed by atoms with Crippen LogP contribution >= 0.6 is 0 Å². The minimum absolute atomic E-state index is 0.0795. The Morgan fingerprint density at radius 2 is 1.19 bits per heavy atom. The molecule has 0 fully saturated rings. The fourth-order valence-corrected chi connectivity index (χ4v) is 7.54. The van der Waals surface area contributed by atoms with Crippen molar-refractivity contribution in [2.75, 3.05) is 4.90 Å². The molecule has 0 N–H and O–H groups in total. The molecule has 0 amide bonds. The lowest BCUT2D eigenvalue weighted by Gasteiger charge is -2.27. The van der Waals surface area contributed by atoms with Crippen LogP contribution in [0.15, 0.2) is 164 Å². The fraction of sp³-hybridized carbons (Fsp3) is 0.0682. The standard InChI is InChI=1S/C44H33N3/c1-44(2)39-16-8-6-14-35(39)36-25-24-34(29-40(36)44)46(43-18-10-11-27-45-43)33-22-19-30(20-23-33)31-21-26-42-38(28-31)37-15-7-9-17-41(37)47(42)32-12-4-3-5-13-32/h3-29H,1-2H3. The summed E-state index contributed by atoms with van der Waals surface area (Å²) in [5.41, 5.74) is 13.4. The maximum absolute atomic E-state index is 4.80. The van der Waals surface area contributed by atoms with Crippen LogP contribution in [0.3, 0.4) is 0 Å². The van der Waals surface area contributed by atoms with Crippen LogP contribution in [0, 0.1) is 0 Å². The normalized spacial score (nSPS) is 13.1. The largest absolute Gasteiger partial charge is 0.309 e. The van der Waals surface area contributed by atoms with Crippen molar-refractivity contribution in [1.29, 1.82) is 0 Å². The summed E-state index contributed by atoms with van der Waals surface area (Å²) in [6.07, 6.45) is 1.87. The zero-order chi connectivity index (χ0) is 31.5. The van der Waals surface area contributed by atoms with Crippen LogP contribution in [0.5, 0.6) is 0 Å². The predicted molar refractivity (Wildman–Crippen MR) is 196 cm³/mol. The summed E-state index contributed by atoms with van der Waals surface area (Å²) in [5.74, 6) is 0.892. The van der Waals surface area contributed by atoms with Gasteiger partial charge < -0.3 is 4.57 Å². The third kappa shape index (κ3) is 4.31. The van der Waals surface area contributed by atoms with Gasteiger partial charge in [0.1, 0.15) is 5.82 Å². The van der Waals surface area contributed by atoms with Crippen LogP contribution < -0.4 is 4.90 Å². The minimum Gasteiger partial charge on any atom is -0.309 e. The highest BCUT2D eigenvalue weighted by molar-refractivity contribution is 6.10. The Morgan fingerprint density at radius 1 is 0.511 bits per heavy atom. The molecule has 2 aromatic heterocycles. The second-order valence-electron chi connectivity index (χ2n) is 12.9. The predicted octanol–water partition coefficient (Wildman–Crippen LogP) is 11.6.